The summed E-state index contributed by atoms with van der Waals surface area (Å²) in [6.07, 6.45) is -0.283. The highest BCUT2D eigenvalue weighted by atomic mass is 35.5. The molecule has 0 radical (unpaired) electrons. The molecule has 1 amide bonds. The number of esters is 1. The number of halogens is 3. The standard InChI is InChI=1S/C17H14ClF2NO5S/c18-14-7-6-13(27-14)11(22)5-8-16(24)25-9-15(23)21-10-3-1-2-4-12(10)26-17(19)20/h1-4,6-7,17H,5,8-9H2,(H,21,23). The van der Waals surface area contributed by atoms with Crippen LogP contribution in [0.3, 0.4) is 0 Å². The zero-order valence-corrected chi connectivity index (χ0v) is 15.3. The number of ketones is 1. The van der Waals surface area contributed by atoms with E-state index in [0.717, 1.165) is 11.3 Å². The van der Waals surface area contributed by atoms with E-state index in [-0.39, 0.29) is 30.1 Å². The van der Waals surface area contributed by atoms with Crippen LogP contribution in [0.4, 0.5) is 14.5 Å². The van der Waals surface area contributed by atoms with Crippen molar-refractivity contribution in [3.63, 3.8) is 0 Å². The average Bonchev–Trinajstić information content (AvgIpc) is 3.05. The van der Waals surface area contributed by atoms with Crippen LogP contribution in [0, 0.1) is 0 Å². The maximum Gasteiger partial charge on any atom is 0.387 e. The number of nitrogens with one attached hydrogen (secondary N) is 1. The summed E-state index contributed by atoms with van der Waals surface area (Å²) in [5, 5.41) is 2.31. The van der Waals surface area contributed by atoms with Gasteiger partial charge < -0.3 is 14.8 Å². The summed E-state index contributed by atoms with van der Waals surface area (Å²) in [5.41, 5.74) is 0.0172. The van der Waals surface area contributed by atoms with E-state index in [2.05, 4.69) is 10.1 Å². The van der Waals surface area contributed by atoms with Crippen LogP contribution in [-0.2, 0) is 14.3 Å². The van der Waals surface area contributed by atoms with Crippen molar-refractivity contribution in [1.82, 2.24) is 0 Å². The van der Waals surface area contributed by atoms with Crippen molar-refractivity contribution >= 4 is 46.3 Å². The predicted octanol–water partition coefficient (Wildman–Crippen LogP) is 4.15. The van der Waals surface area contributed by atoms with Gasteiger partial charge in [-0.05, 0) is 24.3 Å². The van der Waals surface area contributed by atoms with E-state index in [4.69, 9.17) is 16.3 Å². The molecule has 0 unspecified atom stereocenters. The lowest BCUT2D eigenvalue weighted by Crippen LogP contribution is -2.21. The zero-order chi connectivity index (χ0) is 19.8. The third-order valence-electron chi connectivity index (χ3n) is 3.15. The average molecular weight is 418 g/mol. The molecule has 27 heavy (non-hydrogen) atoms. The fraction of sp³-hybridized carbons (Fsp3) is 0.235. The molecule has 2 aromatic rings. The normalized spacial score (nSPS) is 10.5. The van der Waals surface area contributed by atoms with Crippen molar-refractivity contribution in [2.45, 2.75) is 19.5 Å². The molecule has 1 heterocycles. The first-order valence-corrected chi connectivity index (χ1v) is 8.82. The lowest BCUT2D eigenvalue weighted by atomic mass is 10.2. The van der Waals surface area contributed by atoms with Gasteiger partial charge in [0.05, 0.1) is 21.3 Å². The zero-order valence-electron chi connectivity index (χ0n) is 13.7. The number of carbonyl (C=O) groups is 3. The number of carbonyl (C=O) groups excluding carboxylic acids is 3. The van der Waals surface area contributed by atoms with Gasteiger partial charge in [0.25, 0.3) is 5.91 Å². The summed E-state index contributed by atoms with van der Waals surface area (Å²) >= 11 is 6.84. The summed E-state index contributed by atoms with van der Waals surface area (Å²) in [5.74, 6) is -1.94. The number of rotatable bonds is 9. The Labute approximate surface area is 162 Å². The van der Waals surface area contributed by atoms with E-state index < -0.39 is 25.1 Å². The first-order chi connectivity index (χ1) is 12.8. The molecule has 10 heteroatoms. The molecule has 1 N–H and O–H groups in total. The minimum Gasteiger partial charge on any atom is -0.456 e. The van der Waals surface area contributed by atoms with Crippen LogP contribution in [0.2, 0.25) is 4.34 Å². The van der Waals surface area contributed by atoms with E-state index in [0.29, 0.717) is 9.21 Å². The quantitative estimate of drug-likeness (QED) is 0.489. The summed E-state index contributed by atoms with van der Waals surface area (Å²) < 4.78 is 34.2. The molecule has 6 nitrogen and oxygen atoms in total. The van der Waals surface area contributed by atoms with Gasteiger partial charge in [0, 0.05) is 6.42 Å². The molecule has 1 aromatic carbocycles. The molecule has 0 aliphatic carbocycles. The second-order valence-electron chi connectivity index (χ2n) is 5.11. The van der Waals surface area contributed by atoms with E-state index in [1.807, 2.05) is 0 Å². The molecule has 0 aliphatic rings. The van der Waals surface area contributed by atoms with E-state index in [1.165, 1.54) is 24.3 Å². The van der Waals surface area contributed by atoms with E-state index >= 15 is 0 Å². The number of benzene rings is 1. The largest absolute Gasteiger partial charge is 0.456 e. The van der Waals surface area contributed by atoms with Gasteiger partial charge in [0.15, 0.2) is 12.4 Å². The van der Waals surface area contributed by atoms with E-state index in [9.17, 15) is 23.2 Å². The predicted molar refractivity (Wildman–Crippen MR) is 95.6 cm³/mol. The van der Waals surface area contributed by atoms with Gasteiger partial charge in [-0.15, -0.1) is 11.3 Å². The monoisotopic (exact) mass is 417 g/mol. The number of ether oxygens (including phenoxy) is 2. The molecule has 0 atom stereocenters. The van der Waals surface area contributed by atoms with Crippen molar-refractivity contribution < 1.29 is 32.6 Å². The molecule has 0 saturated carbocycles. The molecule has 0 fully saturated rings. The fourth-order valence-corrected chi connectivity index (χ4v) is 2.99. The molecule has 144 valence electrons. The highest BCUT2D eigenvalue weighted by Crippen LogP contribution is 2.25. The number of hydrogen-bond donors (Lipinski definition) is 1. The SMILES string of the molecule is O=C(COC(=O)CCC(=O)c1ccc(Cl)s1)Nc1ccccc1OC(F)F. The van der Waals surface area contributed by atoms with Gasteiger partial charge in [-0.3, -0.25) is 14.4 Å². The Balaban J connectivity index is 1.77. The summed E-state index contributed by atoms with van der Waals surface area (Å²) in [7, 11) is 0. The first kappa shape index (κ1) is 20.8. The Morgan fingerprint density at radius 3 is 2.52 bits per heavy atom. The van der Waals surface area contributed by atoms with Crippen LogP contribution >= 0.6 is 22.9 Å². The Morgan fingerprint density at radius 2 is 1.85 bits per heavy atom. The van der Waals surface area contributed by atoms with Crippen LogP contribution in [0.15, 0.2) is 36.4 Å². The number of amides is 1. The minimum absolute atomic E-state index is 0.0172. The Bertz CT molecular complexity index is 827. The fourth-order valence-electron chi connectivity index (χ4n) is 1.98. The van der Waals surface area contributed by atoms with Crippen molar-refractivity contribution in [2.75, 3.05) is 11.9 Å². The molecule has 2 rings (SSSR count). The van der Waals surface area contributed by atoms with Gasteiger partial charge in [-0.25, -0.2) is 0 Å². The van der Waals surface area contributed by atoms with Crippen molar-refractivity contribution in [3.05, 3.63) is 45.6 Å². The Hall–Kier alpha value is -2.52. The van der Waals surface area contributed by atoms with Crippen molar-refractivity contribution in [2.24, 2.45) is 0 Å². The maximum atomic E-state index is 12.3. The summed E-state index contributed by atoms with van der Waals surface area (Å²) in [6.45, 7) is -3.67. The molecule has 0 bridgehead atoms. The minimum atomic E-state index is -3.04. The smallest absolute Gasteiger partial charge is 0.387 e. The highest BCUT2D eigenvalue weighted by Gasteiger charge is 2.15. The molecule has 0 saturated heterocycles. The summed E-state index contributed by atoms with van der Waals surface area (Å²) in [6, 6.07) is 8.75. The van der Waals surface area contributed by atoms with Gasteiger partial charge in [0.1, 0.15) is 5.75 Å². The molecule has 1 aromatic heterocycles. The van der Waals surface area contributed by atoms with Crippen LogP contribution in [0.5, 0.6) is 5.75 Å². The maximum absolute atomic E-state index is 12.3. The van der Waals surface area contributed by atoms with E-state index in [1.54, 1.807) is 12.1 Å². The molecule has 0 spiro atoms. The number of alkyl halides is 2. The second kappa shape index (κ2) is 9.98. The third-order valence-corrected chi connectivity index (χ3v) is 4.42. The summed E-state index contributed by atoms with van der Waals surface area (Å²) in [4.78, 5) is 35.7. The van der Waals surface area contributed by atoms with Crippen molar-refractivity contribution in [1.29, 1.82) is 0 Å². The first-order valence-electron chi connectivity index (χ1n) is 7.63. The van der Waals surface area contributed by atoms with Crippen LogP contribution in [0.25, 0.3) is 0 Å². The van der Waals surface area contributed by atoms with Crippen LogP contribution < -0.4 is 10.1 Å². The van der Waals surface area contributed by atoms with Gasteiger partial charge in [-0.1, -0.05) is 23.7 Å². The number of hydrogen-bond acceptors (Lipinski definition) is 6. The number of para-hydroxylation sites is 2. The number of Topliss-reactive ketones (excluding diaryl/α,β-unsaturated/α-hetero) is 1. The van der Waals surface area contributed by atoms with Gasteiger partial charge in [-0.2, -0.15) is 8.78 Å². The van der Waals surface area contributed by atoms with Crippen molar-refractivity contribution in [3.8, 4) is 5.75 Å². The lowest BCUT2D eigenvalue weighted by Gasteiger charge is -2.11. The van der Waals surface area contributed by atoms with Crippen LogP contribution in [-0.4, -0.2) is 30.9 Å². The second-order valence-corrected chi connectivity index (χ2v) is 6.83. The number of thiophene rings is 1. The molecule has 0 aliphatic heterocycles. The Kier molecular flexibility index (Phi) is 7.68. The molecular weight excluding hydrogens is 404 g/mol. The molecular formula is C17H14ClF2NO5S. The van der Waals surface area contributed by atoms with Crippen LogP contribution in [0.1, 0.15) is 22.5 Å². The third kappa shape index (κ3) is 6.95. The van der Waals surface area contributed by atoms with Gasteiger partial charge in [0.2, 0.25) is 0 Å². The highest BCUT2D eigenvalue weighted by molar-refractivity contribution is 7.18. The number of anilines is 1. The van der Waals surface area contributed by atoms with Gasteiger partial charge >= 0.3 is 12.6 Å². The lowest BCUT2D eigenvalue weighted by molar-refractivity contribution is -0.147. The Morgan fingerprint density at radius 1 is 1.11 bits per heavy atom. The topological polar surface area (TPSA) is 81.7 Å².